The zero-order valence-electron chi connectivity index (χ0n) is 26.7. The number of hydrogen-bond donors (Lipinski definition) is 4. The maximum atomic E-state index is 13.7. The fourth-order valence-corrected chi connectivity index (χ4v) is 6.73. The molecule has 5 rings (SSSR count). The van der Waals surface area contributed by atoms with Gasteiger partial charge in [-0.25, -0.2) is 4.79 Å². The van der Waals surface area contributed by atoms with Gasteiger partial charge in [0.05, 0.1) is 44.2 Å². The lowest BCUT2D eigenvalue weighted by atomic mass is 9.95. The number of carbonyl (C=O) groups excluding carboxylic acids is 2. The van der Waals surface area contributed by atoms with Crippen LogP contribution in [0.1, 0.15) is 65.5 Å². The molecule has 11 heteroatoms. The summed E-state index contributed by atoms with van der Waals surface area (Å²) in [6.07, 6.45) is 5.24. The lowest BCUT2D eigenvalue weighted by Gasteiger charge is -2.14. The van der Waals surface area contributed by atoms with Crippen LogP contribution < -0.4 is 15.4 Å². The van der Waals surface area contributed by atoms with Gasteiger partial charge >= 0.3 is 5.97 Å². The quantitative estimate of drug-likeness (QED) is 0.0998. The highest BCUT2D eigenvalue weighted by molar-refractivity contribution is 7.17. The minimum atomic E-state index is -0.940. The van der Waals surface area contributed by atoms with Crippen LogP contribution in [0, 0.1) is 0 Å². The van der Waals surface area contributed by atoms with Crippen LogP contribution in [-0.2, 0) is 35.2 Å². The van der Waals surface area contributed by atoms with Crippen LogP contribution in [0.4, 0.5) is 10.7 Å². The second kappa shape index (κ2) is 17.6. The summed E-state index contributed by atoms with van der Waals surface area (Å²) in [7, 11) is 0. The summed E-state index contributed by atoms with van der Waals surface area (Å²) in [5, 5.41) is 24.4. The topological polar surface area (TPSA) is 143 Å². The number of aromatic carboxylic acids is 1. The van der Waals surface area contributed by atoms with E-state index in [1.54, 1.807) is 36.4 Å². The molecule has 1 aliphatic rings. The van der Waals surface area contributed by atoms with Gasteiger partial charge in [-0.2, -0.15) is 0 Å². The number of amides is 2. The number of aryl methyl sites for hydroxylation is 3. The molecule has 0 atom stereocenters. The number of rotatable bonds is 17. The van der Waals surface area contributed by atoms with Crippen LogP contribution in [0.15, 0.2) is 72.8 Å². The van der Waals surface area contributed by atoms with Gasteiger partial charge in [-0.15, -0.1) is 11.3 Å². The molecule has 0 fully saturated rings. The summed E-state index contributed by atoms with van der Waals surface area (Å²) in [6.45, 7) is 1.70. The van der Waals surface area contributed by atoms with E-state index >= 15 is 0 Å². The predicted molar refractivity (Wildman–Crippen MR) is 185 cm³/mol. The number of thiophene rings is 1. The van der Waals surface area contributed by atoms with Crippen molar-refractivity contribution in [2.24, 2.45) is 0 Å². The minimum absolute atomic E-state index is 0.0238. The van der Waals surface area contributed by atoms with Crippen LogP contribution in [0.2, 0.25) is 0 Å². The number of hydrogen-bond acceptors (Lipinski definition) is 8. The van der Waals surface area contributed by atoms with Gasteiger partial charge in [-0.3, -0.25) is 9.59 Å². The summed E-state index contributed by atoms with van der Waals surface area (Å²) < 4.78 is 16.4. The second-order valence-corrected chi connectivity index (χ2v) is 12.5. The summed E-state index contributed by atoms with van der Waals surface area (Å²) in [5.74, 6) is -0.988. The van der Waals surface area contributed by atoms with E-state index in [1.807, 2.05) is 36.4 Å². The summed E-state index contributed by atoms with van der Waals surface area (Å²) in [6, 6.07) is 21.5. The van der Waals surface area contributed by atoms with Crippen molar-refractivity contribution in [3.8, 4) is 5.75 Å². The van der Waals surface area contributed by atoms with E-state index in [2.05, 4.69) is 10.6 Å². The average molecular weight is 673 g/mol. The molecule has 0 spiro atoms. The number of aliphatic hydroxyl groups excluding tert-OH is 1. The number of carboxylic acids is 1. The van der Waals surface area contributed by atoms with Crippen LogP contribution in [0.25, 0.3) is 0 Å². The Morgan fingerprint density at radius 1 is 0.729 bits per heavy atom. The van der Waals surface area contributed by atoms with Gasteiger partial charge < -0.3 is 35.1 Å². The minimum Gasteiger partial charge on any atom is -0.491 e. The third-order valence-corrected chi connectivity index (χ3v) is 9.15. The smallest absolute Gasteiger partial charge is 0.335 e. The highest BCUT2D eigenvalue weighted by atomic mass is 32.1. The molecule has 4 aromatic rings. The Hall–Kier alpha value is -4.55. The van der Waals surface area contributed by atoms with Crippen LogP contribution in [0.3, 0.4) is 0 Å². The number of nitrogens with one attached hydrogen (secondary N) is 2. The van der Waals surface area contributed by atoms with Crippen molar-refractivity contribution in [1.82, 2.24) is 0 Å². The van der Waals surface area contributed by atoms with Gasteiger partial charge in [0.2, 0.25) is 0 Å². The van der Waals surface area contributed by atoms with Gasteiger partial charge in [-0.05, 0) is 97.7 Å². The van der Waals surface area contributed by atoms with Crippen molar-refractivity contribution in [3.63, 3.8) is 0 Å². The Balaban J connectivity index is 1.19. The molecule has 0 aliphatic heterocycles. The van der Waals surface area contributed by atoms with Crippen molar-refractivity contribution < 1.29 is 38.8 Å². The average Bonchev–Trinajstić information content (AvgIpc) is 3.47. The van der Waals surface area contributed by atoms with E-state index in [4.69, 9.17) is 24.4 Å². The molecule has 48 heavy (non-hydrogen) atoms. The number of carboxylic acid groups (broad SMARTS) is 1. The number of carbonyl (C=O) groups is 3. The van der Waals surface area contributed by atoms with Crippen LogP contribution in [0.5, 0.6) is 5.75 Å². The second-order valence-electron chi connectivity index (χ2n) is 11.3. The summed E-state index contributed by atoms with van der Waals surface area (Å²) in [5.41, 5.74) is 5.01. The Bertz CT molecular complexity index is 1680. The number of fused-ring (bicyclic) bond motifs is 1. The maximum absolute atomic E-state index is 13.7. The standard InChI is InChI=1S/C37H40N2O8S/c40-18-19-45-20-21-46-22-23-47-30-5-3-4-28(24-30)34(41)39-36-33(31-6-1-2-7-32(31)48-36)35(42)38-29-16-12-26(13-17-29)9-8-25-10-14-27(15-11-25)37(43)44/h3-5,10-17,24,40H,1-2,6-9,18-23H2,(H,38,42)(H,39,41)(H,43,44). The summed E-state index contributed by atoms with van der Waals surface area (Å²) in [4.78, 5) is 39.3. The zero-order valence-corrected chi connectivity index (χ0v) is 27.5. The molecule has 0 saturated carbocycles. The molecule has 0 bridgehead atoms. The SMILES string of the molecule is O=C(O)c1ccc(CCc2ccc(NC(=O)c3c(NC(=O)c4cccc(OCCOCCOCCO)c4)sc4c3CCCC4)cc2)cc1. The van der Waals surface area contributed by atoms with Gasteiger partial charge in [0, 0.05) is 16.1 Å². The molecule has 1 heterocycles. The first-order valence-electron chi connectivity index (χ1n) is 16.1. The van der Waals surface area contributed by atoms with Crippen molar-refractivity contribution in [2.45, 2.75) is 38.5 Å². The van der Waals surface area contributed by atoms with E-state index in [-0.39, 0.29) is 30.6 Å². The lowest BCUT2D eigenvalue weighted by molar-refractivity contribution is 0.0247. The molecular weight excluding hydrogens is 632 g/mol. The van der Waals surface area contributed by atoms with E-state index in [1.165, 1.54) is 11.3 Å². The number of anilines is 2. The third-order valence-electron chi connectivity index (χ3n) is 7.94. The molecule has 1 aliphatic carbocycles. The largest absolute Gasteiger partial charge is 0.491 e. The number of benzene rings is 3. The summed E-state index contributed by atoms with van der Waals surface area (Å²) >= 11 is 1.47. The van der Waals surface area contributed by atoms with Crippen molar-refractivity contribution >= 4 is 39.8 Å². The molecule has 252 valence electrons. The maximum Gasteiger partial charge on any atom is 0.335 e. The van der Waals surface area contributed by atoms with E-state index in [9.17, 15) is 14.4 Å². The van der Waals surface area contributed by atoms with Crippen molar-refractivity contribution in [2.75, 3.05) is 50.3 Å². The fraction of sp³-hybridized carbons (Fsp3) is 0.324. The first kappa shape index (κ1) is 34.8. The molecule has 10 nitrogen and oxygen atoms in total. The van der Waals surface area contributed by atoms with Crippen LogP contribution >= 0.6 is 11.3 Å². The molecule has 3 aromatic carbocycles. The van der Waals surface area contributed by atoms with Gasteiger partial charge in [0.25, 0.3) is 11.8 Å². The molecule has 1 aromatic heterocycles. The highest BCUT2D eigenvalue weighted by Gasteiger charge is 2.27. The third kappa shape index (κ3) is 9.74. The molecule has 2 amide bonds. The van der Waals surface area contributed by atoms with Crippen molar-refractivity contribution in [3.05, 3.63) is 111 Å². The Labute approximate surface area is 283 Å². The molecule has 4 N–H and O–H groups in total. The van der Waals surface area contributed by atoms with Crippen LogP contribution in [-0.4, -0.2) is 67.6 Å². The normalized spacial score (nSPS) is 12.3. The van der Waals surface area contributed by atoms with Gasteiger partial charge in [0.1, 0.15) is 17.4 Å². The van der Waals surface area contributed by atoms with Gasteiger partial charge in [-0.1, -0.05) is 30.3 Å². The predicted octanol–water partition coefficient (Wildman–Crippen LogP) is 6.02. The van der Waals surface area contributed by atoms with E-state index < -0.39 is 5.97 Å². The first-order chi connectivity index (χ1) is 23.4. The zero-order chi connectivity index (χ0) is 33.7. The molecule has 0 saturated heterocycles. The first-order valence-corrected chi connectivity index (χ1v) is 16.9. The van der Waals surface area contributed by atoms with Crippen molar-refractivity contribution in [1.29, 1.82) is 0 Å². The number of ether oxygens (including phenoxy) is 3. The Morgan fingerprint density at radius 3 is 2.10 bits per heavy atom. The molecule has 0 radical (unpaired) electrons. The lowest BCUT2D eigenvalue weighted by Crippen LogP contribution is -2.18. The molecule has 0 unspecified atom stereocenters. The highest BCUT2D eigenvalue weighted by Crippen LogP contribution is 2.39. The number of aliphatic hydroxyl groups is 1. The fourth-order valence-electron chi connectivity index (χ4n) is 5.45. The van der Waals surface area contributed by atoms with E-state index in [0.717, 1.165) is 60.1 Å². The van der Waals surface area contributed by atoms with E-state index in [0.29, 0.717) is 54.0 Å². The molecular formula is C37H40N2O8S. The Morgan fingerprint density at radius 2 is 1.40 bits per heavy atom. The Kier molecular flexibility index (Phi) is 12.7. The monoisotopic (exact) mass is 672 g/mol. The van der Waals surface area contributed by atoms with Gasteiger partial charge in [0.15, 0.2) is 0 Å².